The van der Waals surface area contributed by atoms with Crippen LogP contribution in [0.4, 0.5) is 0 Å². The molecule has 0 bridgehead atoms. The van der Waals surface area contributed by atoms with Crippen LogP contribution in [0.5, 0.6) is 11.5 Å². The number of aryl methyl sites for hydroxylation is 1. The zero-order valence-electron chi connectivity index (χ0n) is 17.1. The van der Waals surface area contributed by atoms with E-state index in [2.05, 4.69) is 0 Å². The summed E-state index contributed by atoms with van der Waals surface area (Å²) in [4.78, 5) is 24.8. The van der Waals surface area contributed by atoms with Crippen LogP contribution in [0.1, 0.15) is 40.5 Å². The Morgan fingerprint density at radius 3 is 2.41 bits per heavy atom. The largest absolute Gasteiger partial charge is 0.497 e. The molecule has 0 aliphatic rings. The molecule has 3 rings (SSSR count). The van der Waals surface area contributed by atoms with Gasteiger partial charge in [0.05, 0.1) is 25.7 Å². The highest BCUT2D eigenvalue weighted by Crippen LogP contribution is 2.31. The molecular formula is C23H25NO5. The van der Waals surface area contributed by atoms with Crippen LogP contribution in [0.3, 0.4) is 0 Å². The van der Waals surface area contributed by atoms with E-state index >= 15 is 0 Å². The normalized spacial score (nSPS) is 10.9. The van der Waals surface area contributed by atoms with Gasteiger partial charge in [-0.25, -0.2) is 0 Å². The molecule has 1 heterocycles. The molecular weight excluding hydrogens is 370 g/mol. The Morgan fingerprint density at radius 1 is 1.07 bits per heavy atom. The van der Waals surface area contributed by atoms with Crippen LogP contribution < -0.4 is 9.47 Å². The molecule has 0 atom stereocenters. The summed E-state index contributed by atoms with van der Waals surface area (Å²) >= 11 is 0. The number of ether oxygens (including phenoxy) is 2. The number of nitrogens with zero attached hydrogens (tertiary/aromatic N) is 1. The van der Waals surface area contributed by atoms with Crippen LogP contribution in [0.2, 0.25) is 0 Å². The lowest BCUT2D eigenvalue weighted by molar-refractivity contribution is -0.136. The maximum absolute atomic E-state index is 13.4. The van der Waals surface area contributed by atoms with Crippen LogP contribution >= 0.6 is 0 Å². The SMILES string of the molecule is CCCOc1ccc(C(=O)n2c(C)c(CC(=O)O)c3cc(OC)ccc32)c(C)c1. The van der Waals surface area contributed by atoms with Gasteiger partial charge in [-0.15, -0.1) is 0 Å². The first-order valence-electron chi connectivity index (χ1n) is 9.55. The first kappa shape index (κ1) is 20.5. The third-order valence-electron chi connectivity index (χ3n) is 4.97. The molecule has 0 unspecified atom stereocenters. The van der Waals surface area contributed by atoms with E-state index in [4.69, 9.17) is 9.47 Å². The van der Waals surface area contributed by atoms with Crippen molar-refractivity contribution in [2.45, 2.75) is 33.6 Å². The van der Waals surface area contributed by atoms with Crippen LogP contribution in [0, 0.1) is 13.8 Å². The third-order valence-corrected chi connectivity index (χ3v) is 4.97. The van der Waals surface area contributed by atoms with Crippen molar-refractivity contribution in [2.75, 3.05) is 13.7 Å². The van der Waals surface area contributed by atoms with Gasteiger partial charge in [-0.3, -0.25) is 14.2 Å². The first-order valence-corrected chi connectivity index (χ1v) is 9.55. The molecule has 29 heavy (non-hydrogen) atoms. The Bertz CT molecular complexity index is 1080. The number of benzene rings is 2. The van der Waals surface area contributed by atoms with E-state index in [1.165, 1.54) is 0 Å². The fraction of sp³-hybridized carbons (Fsp3) is 0.304. The summed E-state index contributed by atoms with van der Waals surface area (Å²) in [5.74, 6) is 0.193. The topological polar surface area (TPSA) is 77.8 Å². The Hall–Kier alpha value is -3.28. The maximum Gasteiger partial charge on any atom is 0.307 e. The number of fused-ring (bicyclic) bond motifs is 1. The second-order valence-electron chi connectivity index (χ2n) is 6.98. The Morgan fingerprint density at radius 2 is 1.79 bits per heavy atom. The standard InChI is InChI=1S/C23H25NO5/c1-5-10-29-17-6-8-18(14(2)11-17)23(27)24-15(3)19(13-22(25)26)20-12-16(28-4)7-9-21(20)24/h6-9,11-12H,5,10,13H2,1-4H3,(H,25,26). The molecule has 6 heteroatoms. The average molecular weight is 395 g/mol. The van der Waals surface area contributed by atoms with Crippen molar-refractivity contribution >= 4 is 22.8 Å². The summed E-state index contributed by atoms with van der Waals surface area (Å²) < 4.78 is 12.5. The minimum Gasteiger partial charge on any atom is -0.497 e. The maximum atomic E-state index is 13.4. The van der Waals surface area contributed by atoms with Gasteiger partial charge >= 0.3 is 5.97 Å². The zero-order valence-corrected chi connectivity index (χ0v) is 17.1. The molecule has 0 saturated carbocycles. The lowest BCUT2D eigenvalue weighted by atomic mass is 10.1. The van der Waals surface area contributed by atoms with E-state index in [1.54, 1.807) is 48.9 Å². The molecule has 6 nitrogen and oxygen atoms in total. The highest BCUT2D eigenvalue weighted by molar-refractivity contribution is 6.05. The highest BCUT2D eigenvalue weighted by atomic mass is 16.5. The summed E-state index contributed by atoms with van der Waals surface area (Å²) in [5.41, 5.74) is 3.24. The van der Waals surface area contributed by atoms with Crippen molar-refractivity contribution in [3.63, 3.8) is 0 Å². The van der Waals surface area contributed by atoms with Crippen molar-refractivity contribution in [1.82, 2.24) is 4.57 Å². The molecule has 0 amide bonds. The quantitative estimate of drug-likeness (QED) is 0.643. The van der Waals surface area contributed by atoms with Crippen LogP contribution in [0.15, 0.2) is 36.4 Å². The predicted molar refractivity (Wildman–Crippen MR) is 111 cm³/mol. The van der Waals surface area contributed by atoms with E-state index in [0.29, 0.717) is 40.1 Å². The van der Waals surface area contributed by atoms with Gasteiger partial charge in [0.1, 0.15) is 11.5 Å². The summed E-state index contributed by atoms with van der Waals surface area (Å²) in [6.07, 6.45) is 0.739. The number of aromatic nitrogens is 1. The van der Waals surface area contributed by atoms with Gasteiger partial charge in [0.2, 0.25) is 0 Å². The van der Waals surface area contributed by atoms with Crippen molar-refractivity contribution in [3.05, 3.63) is 58.8 Å². The number of rotatable bonds is 7. The molecule has 0 aliphatic carbocycles. The number of hydrogen-bond donors (Lipinski definition) is 1. The molecule has 3 aromatic rings. The zero-order chi connectivity index (χ0) is 21.1. The molecule has 1 N–H and O–H groups in total. The van der Waals surface area contributed by atoms with Gasteiger partial charge in [0.25, 0.3) is 5.91 Å². The number of methoxy groups -OCH3 is 1. The lowest BCUT2D eigenvalue weighted by Gasteiger charge is -2.12. The Balaban J connectivity index is 2.13. The first-order chi connectivity index (χ1) is 13.9. The minimum absolute atomic E-state index is 0.168. The third kappa shape index (κ3) is 3.97. The Kier molecular flexibility index (Phi) is 5.92. The molecule has 0 fully saturated rings. The van der Waals surface area contributed by atoms with Gasteiger partial charge < -0.3 is 14.6 Å². The van der Waals surface area contributed by atoms with Crippen molar-refractivity contribution in [2.24, 2.45) is 0 Å². The summed E-state index contributed by atoms with van der Waals surface area (Å²) in [7, 11) is 1.55. The molecule has 152 valence electrons. The molecule has 1 aromatic heterocycles. The van der Waals surface area contributed by atoms with Crippen molar-refractivity contribution < 1.29 is 24.2 Å². The fourth-order valence-electron chi connectivity index (χ4n) is 3.53. The van der Waals surface area contributed by atoms with Crippen molar-refractivity contribution in [1.29, 1.82) is 0 Å². The number of carbonyl (C=O) groups excluding carboxylic acids is 1. The lowest BCUT2D eigenvalue weighted by Crippen LogP contribution is -2.15. The molecule has 0 spiro atoms. The van der Waals surface area contributed by atoms with E-state index in [9.17, 15) is 14.7 Å². The number of carboxylic acid groups (broad SMARTS) is 1. The number of hydrogen-bond acceptors (Lipinski definition) is 4. The van der Waals surface area contributed by atoms with Gasteiger partial charge in [0, 0.05) is 16.6 Å². The smallest absolute Gasteiger partial charge is 0.307 e. The van der Waals surface area contributed by atoms with Crippen LogP contribution in [0.25, 0.3) is 10.9 Å². The monoisotopic (exact) mass is 395 g/mol. The van der Waals surface area contributed by atoms with Gasteiger partial charge in [-0.2, -0.15) is 0 Å². The predicted octanol–water partition coefficient (Wildman–Crippen LogP) is 4.37. The van der Waals surface area contributed by atoms with E-state index in [0.717, 1.165) is 17.7 Å². The Labute approximate surface area is 169 Å². The molecule has 0 saturated heterocycles. The van der Waals surface area contributed by atoms with Crippen molar-refractivity contribution in [3.8, 4) is 11.5 Å². The minimum atomic E-state index is -0.948. The average Bonchev–Trinajstić information content (AvgIpc) is 2.96. The fourth-order valence-corrected chi connectivity index (χ4v) is 3.53. The number of aliphatic carboxylic acids is 1. The second kappa shape index (κ2) is 8.39. The van der Waals surface area contributed by atoms with Crippen LogP contribution in [-0.4, -0.2) is 35.3 Å². The molecule has 2 aromatic carbocycles. The van der Waals surface area contributed by atoms with Gasteiger partial charge in [-0.05, 0) is 67.8 Å². The van der Waals surface area contributed by atoms with E-state index in [-0.39, 0.29) is 12.3 Å². The highest BCUT2D eigenvalue weighted by Gasteiger charge is 2.22. The van der Waals surface area contributed by atoms with Crippen LogP contribution in [-0.2, 0) is 11.2 Å². The summed E-state index contributed by atoms with van der Waals surface area (Å²) in [6, 6.07) is 10.7. The van der Waals surface area contributed by atoms with Gasteiger partial charge in [-0.1, -0.05) is 6.92 Å². The van der Waals surface area contributed by atoms with E-state index < -0.39 is 5.97 Å². The number of carbonyl (C=O) groups is 2. The van der Waals surface area contributed by atoms with E-state index in [1.807, 2.05) is 19.9 Å². The molecule has 0 radical (unpaired) electrons. The summed E-state index contributed by atoms with van der Waals surface area (Å²) in [6.45, 7) is 6.30. The second-order valence-corrected chi connectivity index (χ2v) is 6.98. The molecule has 0 aliphatic heterocycles. The summed E-state index contributed by atoms with van der Waals surface area (Å²) in [5, 5.41) is 10.1. The van der Waals surface area contributed by atoms with Gasteiger partial charge in [0.15, 0.2) is 0 Å². The number of carboxylic acids is 1.